The molecule has 140 valence electrons. The highest BCUT2D eigenvalue weighted by atomic mass is 16.5. The number of rotatable bonds is 5. The van der Waals surface area contributed by atoms with Crippen molar-refractivity contribution in [1.82, 2.24) is 40.6 Å². The summed E-state index contributed by atoms with van der Waals surface area (Å²) in [6.45, 7) is 4.38. The monoisotopic (exact) mass is 370 g/mol. The normalized spacial score (nSPS) is 16.1. The van der Waals surface area contributed by atoms with Gasteiger partial charge in [0.25, 0.3) is 5.91 Å². The van der Waals surface area contributed by atoms with E-state index in [2.05, 4.69) is 31.2 Å². The van der Waals surface area contributed by atoms with Gasteiger partial charge in [0, 0.05) is 18.0 Å². The lowest BCUT2D eigenvalue weighted by atomic mass is 10.1. The van der Waals surface area contributed by atoms with Crippen molar-refractivity contribution in [3.05, 3.63) is 46.9 Å². The van der Waals surface area contributed by atoms with E-state index >= 15 is 0 Å². The Kier molecular flexibility index (Phi) is 4.18. The maximum absolute atomic E-state index is 12.6. The van der Waals surface area contributed by atoms with Gasteiger partial charge in [-0.2, -0.15) is 5.10 Å². The van der Waals surface area contributed by atoms with Crippen LogP contribution >= 0.6 is 0 Å². The van der Waals surface area contributed by atoms with Gasteiger partial charge in [0.15, 0.2) is 5.69 Å². The first-order chi connectivity index (χ1) is 13.0. The number of nitrogens with zero attached hydrogens (tertiary/aromatic N) is 6. The summed E-state index contributed by atoms with van der Waals surface area (Å²) in [5.74, 6) is 0.0844. The van der Waals surface area contributed by atoms with Crippen molar-refractivity contribution in [3.8, 4) is 0 Å². The van der Waals surface area contributed by atoms with Gasteiger partial charge in [-0.25, -0.2) is 4.68 Å². The second-order valence-corrected chi connectivity index (χ2v) is 6.27. The predicted octanol–water partition coefficient (Wildman–Crippen LogP) is -0.0599. The SMILES string of the molecule is Cc1onc(C(=O)NCc2nnn3c2CNC(=O)C3C)c1Cn1cccn1. The molecule has 4 heterocycles. The van der Waals surface area contributed by atoms with E-state index in [9.17, 15) is 9.59 Å². The summed E-state index contributed by atoms with van der Waals surface area (Å²) < 4.78 is 8.45. The largest absolute Gasteiger partial charge is 0.361 e. The van der Waals surface area contributed by atoms with Crippen molar-refractivity contribution in [2.24, 2.45) is 0 Å². The number of nitrogens with one attached hydrogen (secondary N) is 2. The standard InChI is InChI=1S/C16H18N8O3/c1-9-15(25)18-7-13-12(20-22-24(9)13)6-17-16(26)14-11(10(2)27-21-14)8-23-5-3-4-19-23/h3-5,9H,6-8H2,1-2H3,(H,17,26)(H,18,25). The zero-order valence-corrected chi connectivity index (χ0v) is 14.8. The molecule has 0 aromatic carbocycles. The summed E-state index contributed by atoms with van der Waals surface area (Å²) in [6, 6.07) is 1.38. The molecule has 4 rings (SSSR count). The number of hydrogen-bond acceptors (Lipinski definition) is 7. The molecule has 0 saturated heterocycles. The molecule has 0 spiro atoms. The van der Waals surface area contributed by atoms with E-state index in [1.54, 1.807) is 41.7 Å². The molecule has 0 bridgehead atoms. The third-order valence-electron chi connectivity index (χ3n) is 4.54. The number of fused-ring (bicyclic) bond motifs is 1. The van der Waals surface area contributed by atoms with Crippen LogP contribution in [0, 0.1) is 6.92 Å². The zero-order valence-electron chi connectivity index (χ0n) is 14.8. The fraction of sp³-hybridized carbons (Fsp3) is 0.375. The van der Waals surface area contributed by atoms with Gasteiger partial charge in [-0.05, 0) is 19.9 Å². The Balaban J connectivity index is 1.48. The summed E-state index contributed by atoms with van der Waals surface area (Å²) in [5.41, 5.74) is 2.26. The topological polar surface area (TPSA) is 133 Å². The Labute approximate surface area is 153 Å². The van der Waals surface area contributed by atoms with Gasteiger partial charge in [-0.1, -0.05) is 10.4 Å². The molecule has 1 unspecified atom stereocenters. The Morgan fingerprint density at radius 3 is 3.11 bits per heavy atom. The molecule has 0 aliphatic carbocycles. The van der Waals surface area contributed by atoms with Crippen LogP contribution in [0.15, 0.2) is 23.0 Å². The molecule has 1 aliphatic heterocycles. The lowest BCUT2D eigenvalue weighted by molar-refractivity contribution is -0.125. The van der Waals surface area contributed by atoms with Crippen LogP contribution in [0.3, 0.4) is 0 Å². The van der Waals surface area contributed by atoms with Gasteiger partial charge in [-0.15, -0.1) is 5.10 Å². The average Bonchev–Trinajstić information content (AvgIpc) is 3.38. The van der Waals surface area contributed by atoms with Crippen molar-refractivity contribution in [1.29, 1.82) is 0 Å². The molecular formula is C16H18N8O3. The van der Waals surface area contributed by atoms with Gasteiger partial charge in [0.05, 0.1) is 25.3 Å². The first kappa shape index (κ1) is 16.9. The first-order valence-electron chi connectivity index (χ1n) is 8.46. The maximum atomic E-state index is 12.6. The summed E-state index contributed by atoms with van der Waals surface area (Å²) in [4.78, 5) is 24.3. The van der Waals surface area contributed by atoms with E-state index in [0.29, 0.717) is 30.1 Å². The van der Waals surface area contributed by atoms with Crippen molar-refractivity contribution >= 4 is 11.8 Å². The summed E-state index contributed by atoms with van der Waals surface area (Å²) in [6.07, 6.45) is 3.46. The quantitative estimate of drug-likeness (QED) is 0.643. The van der Waals surface area contributed by atoms with E-state index < -0.39 is 6.04 Å². The lowest BCUT2D eigenvalue weighted by Crippen LogP contribution is -2.38. The van der Waals surface area contributed by atoms with Crippen LogP contribution in [0.1, 0.15) is 46.2 Å². The third-order valence-corrected chi connectivity index (χ3v) is 4.54. The number of hydrogen-bond donors (Lipinski definition) is 2. The van der Waals surface area contributed by atoms with E-state index in [1.807, 2.05) is 0 Å². The summed E-state index contributed by atoms with van der Waals surface area (Å²) >= 11 is 0. The lowest BCUT2D eigenvalue weighted by Gasteiger charge is -2.20. The van der Waals surface area contributed by atoms with Crippen LogP contribution in [0.5, 0.6) is 0 Å². The number of carbonyl (C=O) groups excluding carboxylic acids is 2. The van der Waals surface area contributed by atoms with Crippen molar-refractivity contribution in [2.45, 2.75) is 39.5 Å². The van der Waals surface area contributed by atoms with E-state index in [4.69, 9.17) is 4.52 Å². The minimum Gasteiger partial charge on any atom is -0.361 e. The molecule has 27 heavy (non-hydrogen) atoms. The molecule has 3 aromatic heterocycles. The van der Waals surface area contributed by atoms with Crippen LogP contribution in [0.2, 0.25) is 0 Å². The van der Waals surface area contributed by atoms with Gasteiger partial charge in [-0.3, -0.25) is 14.3 Å². The molecule has 0 fully saturated rings. The molecule has 1 aliphatic rings. The Hall–Kier alpha value is -3.50. The molecule has 0 radical (unpaired) electrons. The Morgan fingerprint density at radius 1 is 1.48 bits per heavy atom. The van der Waals surface area contributed by atoms with Gasteiger partial charge >= 0.3 is 0 Å². The maximum Gasteiger partial charge on any atom is 0.274 e. The predicted molar refractivity (Wildman–Crippen MR) is 90.3 cm³/mol. The molecule has 0 saturated carbocycles. The van der Waals surface area contributed by atoms with E-state index in [-0.39, 0.29) is 24.1 Å². The fourth-order valence-electron chi connectivity index (χ4n) is 2.97. The van der Waals surface area contributed by atoms with Gasteiger partial charge in [0.2, 0.25) is 5.91 Å². The second-order valence-electron chi connectivity index (χ2n) is 6.27. The van der Waals surface area contributed by atoms with Crippen LogP contribution in [0.4, 0.5) is 0 Å². The summed E-state index contributed by atoms with van der Waals surface area (Å²) in [7, 11) is 0. The number of amides is 2. The second kappa shape index (κ2) is 6.67. The third kappa shape index (κ3) is 3.07. The zero-order chi connectivity index (χ0) is 19.0. The van der Waals surface area contributed by atoms with Crippen LogP contribution in [-0.2, 0) is 24.4 Å². The molecule has 2 N–H and O–H groups in total. The minimum atomic E-state index is -0.426. The molecule has 3 aromatic rings. The minimum absolute atomic E-state index is 0.107. The van der Waals surface area contributed by atoms with Crippen LogP contribution < -0.4 is 10.6 Å². The van der Waals surface area contributed by atoms with Crippen molar-refractivity contribution in [3.63, 3.8) is 0 Å². The molecule has 2 amide bonds. The first-order valence-corrected chi connectivity index (χ1v) is 8.46. The molecule has 11 heteroatoms. The number of aryl methyl sites for hydroxylation is 1. The molecular weight excluding hydrogens is 352 g/mol. The van der Waals surface area contributed by atoms with E-state index in [1.165, 1.54) is 0 Å². The van der Waals surface area contributed by atoms with Crippen molar-refractivity contribution < 1.29 is 14.1 Å². The molecule has 1 atom stereocenters. The van der Waals surface area contributed by atoms with Gasteiger partial charge in [0.1, 0.15) is 17.5 Å². The van der Waals surface area contributed by atoms with Crippen LogP contribution in [0.25, 0.3) is 0 Å². The Bertz CT molecular complexity index is 988. The van der Waals surface area contributed by atoms with Gasteiger partial charge < -0.3 is 15.2 Å². The highest BCUT2D eigenvalue weighted by Gasteiger charge is 2.27. The van der Waals surface area contributed by atoms with E-state index in [0.717, 1.165) is 5.69 Å². The van der Waals surface area contributed by atoms with Crippen molar-refractivity contribution in [2.75, 3.05) is 0 Å². The Morgan fingerprint density at radius 2 is 2.33 bits per heavy atom. The summed E-state index contributed by atoms with van der Waals surface area (Å²) in [5, 5.41) is 21.7. The smallest absolute Gasteiger partial charge is 0.274 e. The highest BCUT2D eigenvalue weighted by Crippen LogP contribution is 2.18. The average molecular weight is 370 g/mol. The molecule has 11 nitrogen and oxygen atoms in total. The fourth-order valence-corrected chi connectivity index (χ4v) is 2.97. The number of carbonyl (C=O) groups is 2. The van der Waals surface area contributed by atoms with Crippen LogP contribution in [-0.4, -0.2) is 41.7 Å². The number of aromatic nitrogens is 6. The highest BCUT2D eigenvalue weighted by molar-refractivity contribution is 5.93.